The highest BCUT2D eigenvalue weighted by molar-refractivity contribution is 5.87. The lowest BCUT2D eigenvalue weighted by molar-refractivity contribution is 0.197. The van der Waals surface area contributed by atoms with Crippen molar-refractivity contribution in [1.82, 2.24) is 4.90 Å². The monoisotopic (exact) mass is 291 g/mol. The molecule has 21 heavy (non-hydrogen) atoms. The maximum Gasteiger partial charge on any atom is 0.147 e. The van der Waals surface area contributed by atoms with E-state index in [1.807, 2.05) is 30.3 Å². The van der Waals surface area contributed by atoms with Crippen LogP contribution in [0.5, 0.6) is 0 Å². The predicted molar refractivity (Wildman–Crippen MR) is 88.8 cm³/mol. The molecule has 4 heteroatoms. The van der Waals surface area contributed by atoms with E-state index in [1.165, 1.54) is 12.8 Å². The predicted octanol–water partition coefficient (Wildman–Crippen LogP) is 3.42. The fourth-order valence-electron chi connectivity index (χ4n) is 2.47. The molecule has 0 fully saturated rings. The lowest BCUT2D eigenvalue weighted by atomic mass is 9.96. The average Bonchev–Trinajstić information content (AvgIpc) is 2.54. The van der Waals surface area contributed by atoms with Crippen molar-refractivity contribution in [2.75, 3.05) is 13.1 Å². The minimum atomic E-state index is -0.0675. The van der Waals surface area contributed by atoms with Crippen molar-refractivity contribution >= 4 is 5.84 Å². The van der Waals surface area contributed by atoms with Crippen LogP contribution < -0.4 is 5.73 Å². The number of rotatable bonds is 9. The van der Waals surface area contributed by atoms with Crippen LogP contribution in [-0.2, 0) is 0 Å². The fourth-order valence-corrected chi connectivity index (χ4v) is 2.47. The van der Waals surface area contributed by atoms with Crippen molar-refractivity contribution < 1.29 is 5.21 Å². The van der Waals surface area contributed by atoms with Gasteiger partial charge in [-0.3, -0.25) is 4.90 Å². The number of benzene rings is 1. The summed E-state index contributed by atoms with van der Waals surface area (Å²) >= 11 is 0. The minimum Gasteiger partial charge on any atom is -0.409 e. The second-order valence-electron chi connectivity index (χ2n) is 5.59. The molecule has 0 saturated carbocycles. The molecule has 3 N–H and O–H groups in total. The minimum absolute atomic E-state index is 0.0675. The highest BCUT2D eigenvalue weighted by Crippen LogP contribution is 2.20. The fraction of sp³-hybridized carbons (Fsp3) is 0.588. The highest BCUT2D eigenvalue weighted by Gasteiger charge is 2.22. The van der Waals surface area contributed by atoms with Gasteiger partial charge >= 0.3 is 0 Å². The Bertz CT molecular complexity index is 419. The van der Waals surface area contributed by atoms with Gasteiger partial charge in [0.25, 0.3) is 0 Å². The average molecular weight is 291 g/mol. The Balaban J connectivity index is 2.92. The molecular weight excluding hydrogens is 262 g/mol. The van der Waals surface area contributed by atoms with Crippen molar-refractivity contribution in [2.24, 2.45) is 10.9 Å². The molecule has 1 rings (SSSR count). The zero-order chi connectivity index (χ0) is 15.7. The summed E-state index contributed by atoms with van der Waals surface area (Å²) < 4.78 is 0. The van der Waals surface area contributed by atoms with Gasteiger partial charge in [0.1, 0.15) is 5.84 Å². The summed E-state index contributed by atoms with van der Waals surface area (Å²) in [6, 6.07) is 10.5. The first kappa shape index (κ1) is 17.5. The van der Waals surface area contributed by atoms with Gasteiger partial charge in [0.05, 0.1) is 5.92 Å². The second-order valence-corrected chi connectivity index (χ2v) is 5.59. The normalized spacial score (nSPS) is 15.1. The number of oxime groups is 1. The zero-order valence-electron chi connectivity index (χ0n) is 13.5. The lowest BCUT2D eigenvalue weighted by Crippen LogP contribution is -2.40. The molecule has 4 nitrogen and oxygen atoms in total. The third kappa shape index (κ3) is 5.38. The van der Waals surface area contributed by atoms with E-state index in [9.17, 15) is 0 Å². The van der Waals surface area contributed by atoms with E-state index in [-0.39, 0.29) is 11.8 Å². The Morgan fingerprint density at radius 3 is 2.48 bits per heavy atom. The summed E-state index contributed by atoms with van der Waals surface area (Å²) in [5.41, 5.74) is 7.04. The molecule has 0 heterocycles. The second kappa shape index (κ2) is 9.40. The third-order valence-corrected chi connectivity index (χ3v) is 4.10. The van der Waals surface area contributed by atoms with Crippen molar-refractivity contribution in [1.29, 1.82) is 0 Å². The summed E-state index contributed by atoms with van der Waals surface area (Å²) in [5.74, 6) is 0.216. The van der Waals surface area contributed by atoms with Gasteiger partial charge in [0.2, 0.25) is 0 Å². The summed E-state index contributed by atoms with van der Waals surface area (Å²) in [4.78, 5) is 2.44. The SMILES string of the molecule is CCCCN(CC(C(N)=NO)c1ccccc1)C(C)CC. The van der Waals surface area contributed by atoms with Gasteiger partial charge in [-0.25, -0.2) is 0 Å². The molecule has 0 spiro atoms. The van der Waals surface area contributed by atoms with Crippen LogP contribution >= 0.6 is 0 Å². The van der Waals surface area contributed by atoms with Crippen LogP contribution in [-0.4, -0.2) is 35.1 Å². The van der Waals surface area contributed by atoms with Crippen molar-refractivity contribution in [3.63, 3.8) is 0 Å². The Morgan fingerprint density at radius 1 is 1.29 bits per heavy atom. The smallest absolute Gasteiger partial charge is 0.147 e. The Labute approximate surface area is 128 Å². The van der Waals surface area contributed by atoms with E-state index >= 15 is 0 Å². The van der Waals surface area contributed by atoms with E-state index in [2.05, 4.69) is 30.8 Å². The van der Waals surface area contributed by atoms with Gasteiger partial charge in [-0.05, 0) is 31.9 Å². The molecular formula is C17H29N3O. The number of hydrogen-bond acceptors (Lipinski definition) is 3. The quantitative estimate of drug-likeness (QED) is 0.317. The standard InChI is InChI=1S/C17H29N3O/c1-4-6-12-20(14(3)5-2)13-16(17(18)19-21)15-10-8-7-9-11-15/h7-11,14,16,21H,4-6,12-13H2,1-3H3,(H2,18,19). The topological polar surface area (TPSA) is 61.8 Å². The molecule has 0 saturated heterocycles. The number of unbranched alkanes of at least 4 members (excludes halogenated alkanes) is 1. The number of hydrogen-bond donors (Lipinski definition) is 2. The Kier molecular flexibility index (Phi) is 7.83. The molecule has 0 bridgehead atoms. The highest BCUT2D eigenvalue weighted by atomic mass is 16.4. The third-order valence-electron chi connectivity index (χ3n) is 4.10. The maximum atomic E-state index is 9.10. The summed E-state index contributed by atoms with van der Waals surface area (Å²) in [6.07, 6.45) is 3.44. The van der Waals surface area contributed by atoms with E-state index in [1.54, 1.807) is 0 Å². The molecule has 1 aromatic carbocycles. The van der Waals surface area contributed by atoms with E-state index in [4.69, 9.17) is 10.9 Å². The van der Waals surface area contributed by atoms with Gasteiger partial charge in [0.15, 0.2) is 0 Å². The summed E-state index contributed by atoms with van der Waals surface area (Å²) in [6.45, 7) is 8.48. The zero-order valence-corrected chi connectivity index (χ0v) is 13.5. The van der Waals surface area contributed by atoms with Crippen molar-refractivity contribution in [3.8, 4) is 0 Å². The lowest BCUT2D eigenvalue weighted by Gasteiger charge is -2.32. The molecule has 0 aliphatic rings. The van der Waals surface area contributed by atoms with Crippen LogP contribution in [0.1, 0.15) is 51.5 Å². The van der Waals surface area contributed by atoms with Crippen LogP contribution in [0, 0.1) is 0 Å². The van der Waals surface area contributed by atoms with Crippen LogP contribution in [0.3, 0.4) is 0 Å². The molecule has 0 aromatic heterocycles. The van der Waals surface area contributed by atoms with Crippen LogP contribution in [0.15, 0.2) is 35.5 Å². The molecule has 2 unspecified atom stereocenters. The first-order valence-electron chi connectivity index (χ1n) is 7.90. The van der Waals surface area contributed by atoms with E-state index < -0.39 is 0 Å². The molecule has 2 atom stereocenters. The molecule has 118 valence electrons. The molecule has 0 radical (unpaired) electrons. The number of nitrogens with two attached hydrogens (primary N) is 1. The largest absolute Gasteiger partial charge is 0.409 e. The molecule has 0 aliphatic carbocycles. The van der Waals surface area contributed by atoms with Gasteiger partial charge < -0.3 is 10.9 Å². The molecule has 0 amide bonds. The molecule has 1 aromatic rings. The van der Waals surface area contributed by atoms with Crippen molar-refractivity contribution in [3.05, 3.63) is 35.9 Å². The summed E-state index contributed by atoms with van der Waals surface area (Å²) in [5, 5.41) is 12.3. The van der Waals surface area contributed by atoms with Gasteiger partial charge in [-0.2, -0.15) is 0 Å². The van der Waals surface area contributed by atoms with Gasteiger partial charge in [-0.1, -0.05) is 55.8 Å². The van der Waals surface area contributed by atoms with Crippen LogP contribution in [0.4, 0.5) is 0 Å². The first-order valence-corrected chi connectivity index (χ1v) is 7.90. The van der Waals surface area contributed by atoms with E-state index in [0.29, 0.717) is 6.04 Å². The Morgan fingerprint density at radius 2 is 1.95 bits per heavy atom. The van der Waals surface area contributed by atoms with Crippen LogP contribution in [0.25, 0.3) is 0 Å². The first-order chi connectivity index (χ1) is 10.1. The number of amidine groups is 1. The molecule has 0 aliphatic heterocycles. The van der Waals surface area contributed by atoms with Gasteiger partial charge in [0, 0.05) is 12.6 Å². The summed E-state index contributed by atoms with van der Waals surface area (Å²) in [7, 11) is 0. The van der Waals surface area contributed by atoms with Gasteiger partial charge in [-0.15, -0.1) is 0 Å². The maximum absolute atomic E-state index is 9.10. The van der Waals surface area contributed by atoms with Crippen molar-refractivity contribution in [2.45, 2.75) is 52.0 Å². The number of nitrogens with zero attached hydrogens (tertiary/aromatic N) is 2. The van der Waals surface area contributed by atoms with E-state index in [0.717, 1.165) is 25.1 Å². The van der Waals surface area contributed by atoms with Crippen LogP contribution in [0.2, 0.25) is 0 Å². The Hall–Kier alpha value is -1.55.